The molecular formula is C15H10N2O5. The average Bonchev–Trinajstić information content (AvgIpc) is 2.75. The number of imide groups is 1. The highest BCUT2D eigenvalue weighted by Gasteiger charge is 2.38. The molecule has 1 aromatic heterocycles. The maximum absolute atomic E-state index is 12.1. The van der Waals surface area contributed by atoms with Gasteiger partial charge in [0.25, 0.3) is 17.4 Å². The van der Waals surface area contributed by atoms with Gasteiger partial charge in [-0.15, -0.1) is 0 Å². The number of aryl methyl sites for hydroxylation is 1. The first-order valence-corrected chi connectivity index (χ1v) is 6.36. The van der Waals surface area contributed by atoms with Crippen molar-refractivity contribution in [3.63, 3.8) is 0 Å². The molecule has 2 heterocycles. The molecule has 7 heteroatoms. The van der Waals surface area contributed by atoms with E-state index in [0.29, 0.717) is 5.06 Å². The van der Waals surface area contributed by atoms with Gasteiger partial charge in [0.2, 0.25) is 0 Å². The van der Waals surface area contributed by atoms with Gasteiger partial charge < -0.3 is 9.40 Å². The third-order valence-electron chi connectivity index (χ3n) is 3.27. The zero-order valence-corrected chi connectivity index (χ0v) is 11.5. The molecule has 0 aliphatic carbocycles. The van der Waals surface area contributed by atoms with Crippen molar-refractivity contribution >= 4 is 17.8 Å². The van der Waals surface area contributed by atoms with Crippen molar-refractivity contribution in [2.45, 2.75) is 0 Å². The Bertz CT molecular complexity index is 833. The van der Waals surface area contributed by atoms with Gasteiger partial charge in [0.05, 0.1) is 16.7 Å². The lowest BCUT2D eigenvalue weighted by molar-refractivity contribution is -0.0584. The van der Waals surface area contributed by atoms with E-state index in [1.807, 2.05) is 0 Å². The van der Waals surface area contributed by atoms with Crippen LogP contribution in [0.25, 0.3) is 0 Å². The van der Waals surface area contributed by atoms with Crippen molar-refractivity contribution in [3.8, 4) is 0 Å². The van der Waals surface area contributed by atoms with Crippen LogP contribution >= 0.6 is 0 Å². The average molecular weight is 298 g/mol. The third kappa shape index (κ3) is 2.08. The Labute approximate surface area is 124 Å². The van der Waals surface area contributed by atoms with Gasteiger partial charge in [-0.05, 0) is 18.2 Å². The van der Waals surface area contributed by atoms with E-state index < -0.39 is 23.3 Å². The molecule has 0 N–H and O–H groups in total. The highest BCUT2D eigenvalue weighted by Crippen LogP contribution is 2.23. The number of benzene rings is 1. The Morgan fingerprint density at radius 1 is 1.00 bits per heavy atom. The number of pyridine rings is 1. The zero-order valence-electron chi connectivity index (χ0n) is 11.5. The summed E-state index contributed by atoms with van der Waals surface area (Å²) in [6.07, 6.45) is 1.39. The Hall–Kier alpha value is -3.22. The van der Waals surface area contributed by atoms with E-state index in [-0.39, 0.29) is 16.7 Å². The molecular weight excluding hydrogens is 288 g/mol. The minimum absolute atomic E-state index is 0.0420. The van der Waals surface area contributed by atoms with E-state index in [1.54, 1.807) is 12.1 Å². The van der Waals surface area contributed by atoms with Crippen LogP contribution in [-0.4, -0.2) is 27.4 Å². The largest absolute Gasteiger partial charge is 0.364 e. The molecule has 0 saturated heterocycles. The summed E-state index contributed by atoms with van der Waals surface area (Å²) in [5, 5.41) is 0.407. The van der Waals surface area contributed by atoms with Gasteiger partial charge in [-0.3, -0.25) is 14.4 Å². The van der Waals surface area contributed by atoms with Gasteiger partial charge in [-0.1, -0.05) is 17.2 Å². The molecule has 0 atom stereocenters. The van der Waals surface area contributed by atoms with Crippen molar-refractivity contribution in [3.05, 3.63) is 69.6 Å². The number of rotatable bonds is 2. The van der Waals surface area contributed by atoms with Crippen LogP contribution < -0.4 is 5.56 Å². The molecule has 7 nitrogen and oxygen atoms in total. The SMILES string of the molecule is Cn1ccc(C(=O)ON2C(=O)c3ccccc3C2=O)cc1=O. The maximum atomic E-state index is 12.1. The normalized spacial score (nSPS) is 13.2. The minimum Gasteiger partial charge on any atom is -0.324 e. The number of carbonyl (C=O) groups excluding carboxylic acids is 3. The van der Waals surface area contributed by atoms with Gasteiger partial charge in [0, 0.05) is 19.3 Å². The molecule has 110 valence electrons. The lowest BCUT2D eigenvalue weighted by atomic mass is 10.1. The van der Waals surface area contributed by atoms with Crippen LogP contribution in [0.15, 0.2) is 47.4 Å². The summed E-state index contributed by atoms with van der Waals surface area (Å²) in [6.45, 7) is 0. The van der Waals surface area contributed by atoms with Crippen LogP contribution in [-0.2, 0) is 11.9 Å². The molecule has 1 aromatic carbocycles. The summed E-state index contributed by atoms with van der Waals surface area (Å²) in [4.78, 5) is 52.4. The van der Waals surface area contributed by atoms with E-state index in [2.05, 4.69) is 0 Å². The van der Waals surface area contributed by atoms with E-state index in [4.69, 9.17) is 4.84 Å². The molecule has 0 spiro atoms. The quantitative estimate of drug-likeness (QED) is 0.764. The molecule has 0 bridgehead atoms. The molecule has 1 aliphatic heterocycles. The van der Waals surface area contributed by atoms with Crippen LogP contribution in [0.3, 0.4) is 0 Å². The standard InChI is InChI=1S/C15H10N2O5/c1-16-7-6-9(8-12(16)18)15(21)22-17-13(19)10-4-2-3-5-11(10)14(17)20/h2-8H,1H3. The molecule has 2 aromatic rings. The highest BCUT2D eigenvalue weighted by atomic mass is 16.7. The van der Waals surface area contributed by atoms with Gasteiger partial charge >= 0.3 is 5.97 Å². The van der Waals surface area contributed by atoms with Crippen molar-refractivity contribution in [1.82, 2.24) is 9.63 Å². The maximum Gasteiger partial charge on any atom is 0.364 e. The zero-order chi connectivity index (χ0) is 15.9. The smallest absolute Gasteiger partial charge is 0.324 e. The molecule has 22 heavy (non-hydrogen) atoms. The van der Waals surface area contributed by atoms with Crippen molar-refractivity contribution in [1.29, 1.82) is 0 Å². The number of amides is 2. The number of aromatic nitrogens is 1. The lowest BCUT2D eigenvalue weighted by Crippen LogP contribution is -2.33. The second-order valence-corrected chi connectivity index (χ2v) is 4.69. The first-order valence-electron chi connectivity index (χ1n) is 6.36. The summed E-state index contributed by atoms with van der Waals surface area (Å²) in [6, 6.07) is 8.60. The number of nitrogens with zero attached hydrogens (tertiary/aromatic N) is 2. The van der Waals surface area contributed by atoms with Crippen molar-refractivity contribution in [2.75, 3.05) is 0 Å². The predicted octanol–water partition coefficient (Wildman–Crippen LogP) is 0.753. The second-order valence-electron chi connectivity index (χ2n) is 4.69. The predicted molar refractivity (Wildman–Crippen MR) is 74.0 cm³/mol. The van der Waals surface area contributed by atoms with Gasteiger partial charge in [-0.25, -0.2) is 4.79 Å². The summed E-state index contributed by atoms with van der Waals surface area (Å²) >= 11 is 0. The molecule has 0 fully saturated rings. The van der Waals surface area contributed by atoms with Gasteiger partial charge in [-0.2, -0.15) is 0 Å². The molecule has 2 amide bonds. The highest BCUT2D eigenvalue weighted by molar-refractivity contribution is 6.21. The number of hydroxylamine groups is 2. The van der Waals surface area contributed by atoms with Crippen LogP contribution in [0.2, 0.25) is 0 Å². The summed E-state index contributed by atoms with van der Waals surface area (Å²) in [7, 11) is 1.53. The fourth-order valence-corrected chi connectivity index (χ4v) is 2.06. The molecule has 0 unspecified atom stereocenters. The fraction of sp³-hybridized carbons (Fsp3) is 0.0667. The van der Waals surface area contributed by atoms with Crippen molar-refractivity contribution < 1.29 is 19.2 Å². The molecule has 3 rings (SSSR count). The third-order valence-corrected chi connectivity index (χ3v) is 3.27. The van der Waals surface area contributed by atoms with Gasteiger partial charge in [0.15, 0.2) is 0 Å². The van der Waals surface area contributed by atoms with Crippen LogP contribution in [0.5, 0.6) is 0 Å². The lowest BCUT2D eigenvalue weighted by Gasteiger charge is -2.12. The number of hydrogen-bond acceptors (Lipinski definition) is 5. The monoisotopic (exact) mass is 298 g/mol. The summed E-state index contributed by atoms with van der Waals surface area (Å²) in [5.41, 5.74) is -0.106. The van der Waals surface area contributed by atoms with E-state index >= 15 is 0 Å². The van der Waals surface area contributed by atoms with Crippen LogP contribution in [0.4, 0.5) is 0 Å². The summed E-state index contributed by atoms with van der Waals surface area (Å²) in [5.74, 6) is -2.37. The topological polar surface area (TPSA) is 85.7 Å². The Morgan fingerprint density at radius 2 is 1.59 bits per heavy atom. The van der Waals surface area contributed by atoms with E-state index in [1.165, 1.54) is 36.0 Å². The van der Waals surface area contributed by atoms with Crippen molar-refractivity contribution in [2.24, 2.45) is 7.05 Å². The van der Waals surface area contributed by atoms with Gasteiger partial charge in [0.1, 0.15) is 0 Å². The Balaban J connectivity index is 1.87. The fourth-order valence-electron chi connectivity index (χ4n) is 2.06. The first kappa shape index (κ1) is 13.7. The number of carbonyl (C=O) groups is 3. The van der Waals surface area contributed by atoms with E-state index in [9.17, 15) is 19.2 Å². The molecule has 0 radical (unpaired) electrons. The minimum atomic E-state index is -0.952. The summed E-state index contributed by atoms with van der Waals surface area (Å²) < 4.78 is 1.28. The van der Waals surface area contributed by atoms with Crippen LogP contribution in [0, 0.1) is 0 Å². The Kier molecular flexibility index (Phi) is 3.10. The second kappa shape index (κ2) is 4.96. The van der Waals surface area contributed by atoms with E-state index in [0.717, 1.165) is 6.07 Å². The van der Waals surface area contributed by atoms with Crippen LogP contribution in [0.1, 0.15) is 31.1 Å². The molecule has 1 aliphatic rings. The Morgan fingerprint density at radius 3 is 2.14 bits per heavy atom. The number of hydrogen-bond donors (Lipinski definition) is 0. The first-order chi connectivity index (χ1) is 10.5. The number of fused-ring (bicyclic) bond motifs is 1. The molecule has 0 saturated carbocycles.